The molecule has 4 N–H and O–H groups in total. The Morgan fingerprint density at radius 2 is 0.500 bits per heavy atom. The van der Waals surface area contributed by atoms with Gasteiger partial charge < -0.3 is 58.3 Å². The Labute approximate surface area is 316 Å². The van der Waals surface area contributed by atoms with Crippen LogP contribution in [0.1, 0.15) is 137 Å². The van der Waals surface area contributed by atoms with Gasteiger partial charge in [-0.05, 0) is 24.3 Å². The first kappa shape index (κ1) is 34.9. The fourth-order valence-corrected chi connectivity index (χ4v) is 8.62. The normalized spacial score (nSPS) is 20.5. The number of rotatable bonds is 4. The van der Waals surface area contributed by atoms with Crippen LogP contribution < -0.4 is 37.9 Å². The van der Waals surface area contributed by atoms with Gasteiger partial charge >= 0.3 is 23.9 Å². The van der Waals surface area contributed by atoms with Crippen LogP contribution in [0.5, 0.6) is 46.0 Å². The molecular formula is C40H32O16. The molecule has 5 aliphatic rings. The minimum atomic E-state index is -1.39. The van der Waals surface area contributed by atoms with Crippen molar-refractivity contribution in [1.29, 1.82) is 0 Å². The van der Waals surface area contributed by atoms with Crippen molar-refractivity contribution in [2.24, 2.45) is 0 Å². The molecule has 16 nitrogen and oxygen atoms in total. The number of carboxylic acids is 4. The molecule has 0 aromatic heterocycles. The topological polar surface area (TPSA) is 223 Å². The minimum absolute atomic E-state index is 0.0788. The van der Waals surface area contributed by atoms with E-state index in [2.05, 4.69) is 0 Å². The van der Waals surface area contributed by atoms with Crippen LogP contribution in [0.2, 0.25) is 0 Å². The highest BCUT2D eigenvalue weighted by Crippen LogP contribution is 2.56. The van der Waals surface area contributed by atoms with Gasteiger partial charge in [0.15, 0.2) is 0 Å². The lowest BCUT2D eigenvalue weighted by Crippen LogP contribution is -2.26. The van der Waals surface area contributed by atoms with E-state index in [9.17, 15) is 39.6 Å². The summed E-state index contributed by atoms with van der Waals surface area (Å²) in [6.45, 7) is 4.57. The zero-order valence-corrected chi connectivity index (χ0v) is 30.1. The van der Waals surface area contributed by atoms with Gasteiger partial charge in [-0.3, -0.25) is 0 Å². The van der Waals surface area contributed by atoms with Crippen LogP contribution in [0.15, 0.2) is 24.3 Å². The molecule has 4 heterocycles. The first-order valence-electron chi connectivity index (χ1n) is 17.6. The summed E-state index contributed by atoms with van der Waals surface area (Å²) in [5, 5.41) is 42.9. The number of benzene rings is 4. The molecule has 9 rings (SSSR count). The van der Waals surface area contributed by atoms with Gasteiger partial charge in [0.05, 0.1) is 0 Å². The van der Waals surface area contributed by atoms with E-state index in [1.807, 2.05) is 0 Å². The monoisotopic (exact) mass is 768 g/mol. The Kier molecular flexibility index (Phi) is 7.69. The molecule has 0 spiro atoms. The molecule has 288 valence electrons. The van der Waals surface area contributed by atoms with E-state index in [0.29, 0.717) is 44.5 Å². The first-order valence-corrected chi connectivity index (χ1v) is 17.6. The largest absolute Gasteiger partial charge is 0.477 e. The van der Waals surface area contributed by atoms with E-state index in [0.717, 1.165) is 0 Å². The van der Waals surface area contributed by atoms with Crippen molar-refractivity contribution < 1.29 is 77.5 Å². The van der Waals surface area contributed by atoms with E-state index < -0.39 is 74.7 Å². The van der Waals surface area contributed by atoms with E-state index in [-0.39, 0.29) is 68.2 Å². The third-order valence-electron chi connectivity index (χ3n) is 11.4. The molecular weight excluding hydrogens is 736 g/mol. The average molecular weight is 769 g/mol. The molecule has 0 unspecified atom stereocenters. The summed E-state index contributed by atoms with van der Waals surface area (Å²) < 4.78 is 48.1. The van der Waals surface area contributed by atoms with Gasteiger partial charge in [-0.15, -0.1) is 0 Å². The van der Waals surface area contributed by atoms with Gasteiger partial charge in [0.25, 0.3) is 0 Å². The van der Waals surface area contributed by atoms with Crippen molar-refractivity contribution >= 4 is 23.9 Å². The lowest BCUT2D eigenvalue weighted by molar-refractivity contribution is 0.0649. The van der Waals surface area contributed by atoms with E-state index in [1.54, 1.807) is 52.0 Å². The predicted molar refractivity (Wildman–Crippen MR) is 188 cm³/mol. The third-order valence-corrected chi connectivity index (χ3v) is 11.4. The van der Waals surface area contributed by atoms with Gasteiger partial charge in [-0.25, -0.2) is 19.2 Å². The van der Waals surface area contributed by atoms with Crippen molar-refractivity contribution in [2.75, 3.05) is 27.2 Å². The van der Waals surface area contributed by atoms with Crippen molar-refractivity contribution in [3.8, 4) is 46.0 Å². The van der Waals surface area contributed by atoms with E-state index >= 15 is 0 Å². The summed E-state index contributed by atoms with van der Waals surface area (Å²) in [4.78, 5) is 52.7. The number of carboxylic acid groups (broad SMARTS) is 4. The van der Waals surface area contributed by atoms with Crippen LogP contribution in [-0.2, 0) is 0 Å². The summed E-state index contributed by atoms with van der Waals surface area (Å²) in [5.74, 6) is -9.38. The Balaban J connectivity index is 1.49. The molecule has 4 aromatic rings. The molecule has 56 heavy (non-hydrogen) atoms. The Hall–Kier alpha value is -6.84. The van der Waals surface area contributed by atoms with Crippen molar-refractivity contribution in [1.82, 2.24) is 0 Å². The highest BCUT2D eigenvalue weighted by molar-refractivity contribution is 5.99. The summed E-state index contributed by atoms with van der Waals surface area (Å²) in [6, 6.07) is 6.87. The minimum Gasteiger partial charge on any atom is -0.477 e. The van der Waals surface area contributed by atoms with Crippen molar-refractivity contribution in [3.63, 3.8) is 0 Å². The van der Waals surface area contributed by atoms with Crippen LogP contribution >= 0.6 is 0 Å². The van der Waals surface area contributed by atoms with Crippen LogP contribution in [0.4, 0.5) is 0 Å². The number of ether oxygens (including phenoxy) is 8. The maximum Gasteiger partial charge on any atom is 0.343 e. The second kappa shape index (κ2) is 12.3. The maximum absolute atomic E-state index is 13.2. The third kappa shape index (κ3) is 4.77. The van der Waals surface area contributed by atoms with Gasteiger partial charge in [0.2, 0.25) is 27.2 Å². The molecule has 16 heteroatoms. The lowest BCUT2D eigenvalue weighted by atomic mass is 9.78. The molecule has 4 aliphatic heterocycles. The quantitative estimate of drug-likeness (QED) is 0.178. The van der Waals surface area contributed by atoms with Crippen LogP contribution in [0.3, 0.4) is 0 Å². The molecule has 0 atom stereocenters. The SMILES string of the molecule is CC1c2cc3c4c(C(=O)O)c2OCOc2c1cc1c(c2C(=O)O)OCOc2c(cc5c(c2C(=O)O)OCOc2c(cc(c(c2C(=O)O)OCO4)C3C)C5C)C1C. The van der Waals surface area contributed by atoms with Crippen LogP contribution in [0, 0.1) is 0 Å². The lowest BCUT2D eigenvalue weighted by Gasteiger charge is -2.34. The molecule has 0 saturated carbocycles. The smallest absolute Gasteiger partial charge is 0.343 e. The first-order chi connectivity index (χ1) is 26.8. The van der Waals surface area contributed by atoms with Crippen LogP contribution in [-0.4, -0.2) is 71.5 Å². The molecule has 0 radical (unpaired) electrons. The molecule has 4 aromatic carbocycles. The number of hydrogen-bond acceptors (Lipinski definition) is 12. The summed E-state index contributed by atoms with van der Waals surface area (Å²) in [7, 11) is 0. The number of aromatic carboxylic acids is 4. The van der Waals surface area contributed by atoms with E-state index in [1.165, 1.54) is 0 Å². The Bertz CT molecular complexity index is 2020. The number of carbonyl (C=O) groups is 4. The highest BCUT2D eigenvalue weighted by atomic mass is 16.7. The average Bonchev–Trinajstić information content (AvgIpc) is 3.13. The molecule has 1 aliphatic carbocycles. The zero-order chi connectivity index (χ0) is 39.5. The predicted octanol–water partition coefficient (Wildman–Crippen LogP) is 6.31. The van der Waals surface area contributed by atoms with Gasteiger partial charge in [0, 0.05) is 68.2 Å². The molecule has 0 saturated heterocycles. The van der Waals surface area contributed by atoms with Gasteiger partial charge in [-0.2, -0.15) is 0 Å². The molecule has 0 fully saturated rings. The fraction of sp³-hybridized carbons (Fsp3) is 0.300. The molecule has 8 bridgehead atoms. The van der Waals surface area contributed by atoms with Gasteiger partial charge in [-0.1, -0.05) is 27.7 Å². The standard InChI is InChI=1S/C40H32O16/c1-13-17-5-19-14(2)21-7-23-16(4)24-8-22-15(3)20-6-18(13)30-26(38(43)44)32(20)52-11-54-34(22)28(40(47)48)36(24)56-12-55-35(23)27(39(45)46)33(21)53-10-51-31(19)25(37(41)42)29(17)49-9-50-30/h5-8,13-16H,9-12H2,1-4H3,(H,41,42)(H,43,44)(H,45,46)(H,47,48). The Morgan fingerprint density at radius 3 is 0.625 bits per heavy atom. The fourth-order valence-electron chi connectivity index (χ4n) is 8.62. The Morgan fingerprint density at radius 1 is 0.357 bits per heavy atom. The second-order valence-electron chi connectivity index (χ2n) is 14.1. The van der Waals surface area contributed by atoms with Crippen molar-refractivity contribution in [2.45, 2.75) is 51.4 Å². The maximum atomic E-state index is 13.2. The summed E-state index contributed by atoms with van der Waals surface area (Å²) in [5.41, 5.74) is 1.51. The number of hydrogen-bond donors (Lipinski definition) is 4. The molecule has 0 amide bonds. The van der Waals surface area contributed by atoms with Gasteiger partial charge in [0.1, 0.15) is 68.2 Å². The van der Waals surface area contributed by atoms with Crippen molar-refractivity contribution in [3.05, 3.63) is 91.0 Å². The zero-order valence-electron chi connectivity index (χ0n) is 30.1. The summed E-state index contributed by atoms with van der Waals surface area (Å²) in [6.07, 6.45) is 0. The van der Waals surface area contributed by atoms with E-state index in [4.69, 9.17) is 37.9 Å². The second-order valence-corrected chi connectivity index (χ2v) is 14.1. The van der Waals surface area contributed by atoms with Crippen LogP contribution in [0.25, 0.3) is 0 Å². The summed E-state index contributed by atoms with van der Waals surface area (Å²) >= 11 is 0. The highest BCUT2D eigenvalue weighted by Gasteiger charge is 2.42.